The SMILES string of the molecule is C.COC(C)C(=O)OCCC(CCC(C)=O)C(=O)O.[2HH]. The fourth-order valence-electron chi connectivity index (χ4n) is 1.28. The van der Waals surface area contributed by atoms with E-state index in [2.05, 4.69) is 0 Å². The first kappa shape index (κ1) is 19.9. The van der Waals surface area contributed by atoms with E-state index in [1.807, 2.05) is 0 Å². The van der Waals surface area contributed by atoms with E-state index < -0.39 is 24.0 Å². The van der Waals surface area contributed by atoms with Gasteiger partial charge in [-0.2, -0.15) is 0 Å². The predicted octanol–water partition coefficient (Wildman–Crippen LogP) is 1.91. The van der Waals surface area contributed by atoms with Gasteiger partial charge in [-0.3, -0.25) is 4.79 Å². The summed E-state index contributed by atoms with van der Waals surface area (Å²) in [5.74, 6) is -2.22. The maximum atomic E-state index is 11.2. The number of hydrogen-bond acceptors (Lipinski definition) is 5. The van der Waals surface area contributed by atoms with E-state index in [-0.39, 0.29) is 40.5 Å². The zero-order valence-electron chi connectivity index (χ0n) is 11.0. The number of ketones is 1. The van der Waals surface area contributed by atoms with Gasteiger partial charge in [0.05, 0.1) is 12.5 Å². The second-order valence-corrected chi connectivity index (χ2v) is 4.11. The molecule has 0 aromatic carbocycles. The molecule has 2 unspecified atom stereocenters. The summed E-state index contributed by atoms with van der Waals surface area (Å²) in [5, 5.41) is 8.93. The van der Waals surface area contributed by atoms with Gasteiger partial charge in [-0.05, 0) is 26.7 Å². The van der Waals surface area contributed by atoms with Crippen molar-refractivity contribution in [3.05, 3.63) is 0 Å². The maximum Gasteiger partial charge on any atom is 0.334 e. The molecular formula is C13H26O6. The molecule has 19 heavy (non-hydrogen) atoms. The van der Waals surface area contributed by atoms with Gasteiger partial charge >= 0.3 is 11.9 Å². The van der Waals surface area contributed by atoms with E-state index in [1.165, 1.54) is 14.0 Å². The lowest BCUT2D eigenvalue weighted by molar-refractivity contribution is -0.156. The Kier molecular flexibility index (Phi) is 11.0. The van der Waals surface area contributed by atoms with Crippen molar-refractivity contribution in [2.75, 3.05) is 13.7 Å². The summed E-state index contributed by atoms with van der Waals surface area (Å²) in [6.07, 6.45) is 0.0252. The number of esters is 1. The van der Waals surface area contributed by atoms with Gasteiger partial charge in [0, 0.05) is 15.0 Å². The molecule has 0 rings (SSSR count). The van der Waals surface area contributed by atoms with Gasteiger partial charge in [0.25, 0.3) is 0 Å². The lowest BCUT2D eigenvalue weighted by Crippen LogP contribution is -2.24. The molecule has 0 bridgehead atoms. The molecule has 0 saturated carbocycles. The highest BCUT2D eigenvalue weighted by atomic mass is 16.6. The predicted molar refractivity (Wildman–Crippen MR) is 71.9 cm³/mol. The average Bonchev–Trinajstić information content (AvgIpc) is 2.31. The van der Waals surface area contributed by atoms with Crippen LogP contribution in [-0.4, -0.2) is 42.6 Å². The van der Waals surface area contributed by atoms with Crippen LogP contribution < -0.4 is 0 Å². The minimum Gasteiger partial charge on any atom is -0.481 e. The van der Waals surface area contributed by atoms with Crippen LogP contribution >= 0.6 is 0 Å². The van der Waals surface area contributed by atoms with Gasteiger partial charge in [-0.25, -0.2) is 4.79 Å². The molecular weight excluding hydrogens is 252 g/mol. The molecule has 0 aromatic heterocycles. The van der Waals surface area contributed by atoms with Crippen LogP contribution in [0.2, 0.25) is 0 Å². The quantitative estimate of drug-likeness (QED) is 0.648. The number of carbonyl (C=O) groups excluding carboxylic acids is 2. The van der Waals surface area contributed by atoms with Crippen LogP contribution in [0.5, 0.6) is 0 Å². The highest BCUT2D eigenvalue weighted by Gasteiger charge is 2.19. The topological polar surface area (TPSA) is 89.9 Å². The summed E-state index contributed by atoms with van der Waals surface area (Å²) < 4.78 is 9.63. The van der Waals surface area contributed by atoms with Gasteiger partial charge in [-0.1, -0.05) is 7.43 Å². The van der Waals surface area contributed by atoms with Crippen molar-refractivity contribution in [1.29, 1.82) is 0 Å². The van der Waals surface area contributed by atoms with Crippen molar-refractivity contribution < 1.29 is 30.4 Å². The first-order valence-electron chi connectivity index (χ1n) is 5.80. The molecule has 114 valence electrons. The van der Waals surface area contributed by atoms with E-state index in [4.69, 9.17) is 14.6 Å². The summed E-state index contributed by atoms with van der Waals surface area (Å²) in [7, 11) is 1.39. The minimum atomic E-state index is -0.980. The number of rotatable bonds is 9. The number of carboxylic acid groups (broad SMARTS) is 1. The zero-order valence-corrected chi connectivity index (χ0v) is 11.0. The van der Waals surface area contributed by atoms with Crippen LogP contribution in [0.4, 0.5) is 0 Å². The first-order chi connectivity index (χ1) is 8.38. The van der Waals surface area contributed by atoms with E-state index in [9.17, 15) is 14.4 Å². The molecule has 0 saturated heterocycles. The molecule has 0 fully saturated rings. The van der Waals surface area contributed by atoms with Crippen molar-refractivity contribution >= 4 is 17.7 Å². The van der Waals surface area contributed by atoms with Crippen LogP contribution in [0.3, 0.4) is 0 Å². The number of Topliss-reactive ketones (excluding diaryl/α,β-unsaturated/α-hetero) is 1. The van der Waals surface area contributed by atoms with Gasteiger partial charge < -0.3 is 19.4 Å². The van der Waals surface area contributed by atoms with E-state index in [0.717, 1.165) is 0 Å². The highest BCUT2D eigenvalue weighted by Crippen LogP contribution is 2.12. The Morgan fingerprint density at radius 3 is 2.26 bits per heavy atom. The van der Waals surface area contributed by atoms with Gasteiger partial charge in [-0.15, -0.1) is 0 Å². The van der Waals surface area contributed by atoms with Gasteiger partial charge in [0.1, 0.15) is 5.78 Å². The summed E-state index contributed by atoms with van der Waals surface area (Å²) in [5.41, 5.74) is 0. The molecule has 0 amide bonds. The first-order valence-corrected chi connectivity index (χ1v) is 5.80. The van der Waals surface area contributed by atoms with E-state index in [0.29, 0.717) is 0 Å². The Morgan fingerprint density at radius 1 is 1.26 bits per heavy atom. The zero-order chi connectivity index (χ0) is 14.1. The van der Waals surface area contributed by atoms with Crippen molar-refractivity contribution in [2.45, 2.75) is 46.6 Å². The minimum absolute atomic E-state index is 0. The molecule has 0 aromatic rings. The monoisotopic (exact) mass is 279 g/mol. The maximum absolute atomic E-state index is 11.2. The highest BCUT2D eigenvalue weighted by molar-refractivity contribution is 5.77. The summed E-state index contributed by atoms with van der Waals surface area (Å²) in [6, 6.07) is 0. The van der Waals surface area contributed by atoms with Crippen LogP contribution in [0.25, 0.3) is 0 Å². The van der Waals surface area contributed by atoms with Crippen LogP contribution in [0, 0.1) is 5.92 Å². The lowest BCUT2D eigenvalue weighted by atomic mass is 9.99. The van der Waals surface area contributed by atoms with Crippen molar-refractivity contribution in [2.24, 2.45) is 5.92 Å². The van der Waals surface area contributed by atoms with Gasteiger partial charge in [0.2, 0.25) is 0 Å². The average molecular weight is 279 g/mol. The molecule has 0 radical (unpaired) electrons. The Labute approximate surface area is 115 Å². The number of aliphatic carboxylic acids is 1. The van der Waals surface area contributed by atoms with E-state index in [1.54, 1.807) is 6.92 Å². The van der Waals surface area contributed by atoms with Crippen molar-refractivity contribution in [3.8, 4) is 0 Å². The number of carbonyl (C=O) groups is 3. The molecule has 0 spiro atoms. The van der Waals surface area contributed by atoms with Crippen LogP contribution in [0.15, 0.2) is 0 Å². The van der Waals surface area contributed by atoms with Gasteiger partial charge in [0.15, 0.2) is 6.10 Å². The molecule has 6 heteroatoms. The van der Waals surface area contributed by atoms with Crippen LogP contribution in [0.1, 0.15) is 42.0 Å². The lowest BCUT2D eigenvalue weighted by Gasteiger charge is -2.13. The molecule has 0 aliphatic carbocycles. The fourth-order valence-corrected chi connectivity index (χ4v) is 1.28. The fraction of sp³-hybridized carbons (Fsp3) is 0.769. The molecule has 0 heterocycles. The summed E-state index contributed by atoms with van der Waals surface area (Å²) in [6.45, 7) is 2.98. The molecule has 0 aliphatic heterocycles. The third-order valence-electron chi connectivity index (χ3n) is 2.59. The largest absolute Gasteiger partial charge is 0.481 e. The van der Waals surface area contributed by atoms with Crippen molar-refractivity contribution in [1.82, 2.24) is 0 Å². The molecule has 0 aliphatic rings. The Bertz CT molecular complexity index is 305. The Balaban J connectivity index is -0.00000144. The molecule has 2 atom stereocenters. The Hall–Kier alpha value is -1.43. The number of carboxylic acids is 1. The smallest absolute Gasteiger partial charge is 0.334 e. The summed E-state index contributed by atoms with van der Waals surface area (Å²) >= 11 is 0. The van der Waals surface area contributed by atoms with E-state index >= 15 is 0 Å². The van der Waals surface area contributed by atoms with Crippen molar-refractivity contribution in [3.63, 3.8) is 0 Å². The second kappa shape index (κ2) is 10.5. The number of ether oxygens (including phenoxy) is 2. The molecule has 6 nitrogen and oxygen atoms in total. The van der Waals surface area contributed by atoms with Crippen LogP contribution in [-0.2, 0) is 23.9 Å². The standard InChI is InChI=1S/C12H20O6.CH4.H2/c1-8(13)4-5-10(11(14)15)6-7-18-12(16)9(2)17-3;;/h9-10H,4-7H2,1-3H3,(H,14,15);1H4;1H/i;;1+1. The Morgan fingerprint density at radius 2 is 1.84 bits per heavy atom. The summed E-state index contributed by atoms with van der Waals surface area (Å²) in [4.78, 5) is 32.9. The second-order valence-electron chi connectivity index (χ2n) is 4.11. The normalized spacial score (nSPS) is 13.0. The number of methoxy groups -OCH3 is 1. The molecule has 1 N–H and O–H groups in total. The number of hydrogen-bond donors (Lipinski definition) is 1. The third-order valence-corrected chi connectivity index (χ3v) is 2.59. The third kappa shape index (κ3) is 9.18.